The number of carbonyl (C=O) groups excluding carboxylic acids is 1. The summed E-state index contributed by atoms with van der Waals surface area (Å²) in [5.74, 6) is 0.309. The molecule has 0 aromatic carbocycles. The summed E-state index contributed by atoms with van der Waals surface area (Å²) in [6.07, 6.45) is 0. The molecular weight excluding hydrogens is 152 g/mol. The molecule has 0 unspecified atom stereocenters. The number of rotatable bonds is 5. The maximum Gasteiger partial charge on any atom is 0.332 e. The Morgan fingerprint density at radius 2 is 2.30 bits per heavy atom. The number of ether oxygens (including phenoxy) is 2. The van der Waals surface area contributed by atoms with Crippen LogP contribution in [0.15, 0.2) is 0 Å². The maximum atomic E-state index is 10.5. The van der Waals surface area contributed by atoms with E-state index in [1.807, 2.05) is 0 Å². The van der Waals surface area contributed by atoms with Crippen LogP contribution in [0, 0.1) is 0 Å². The molecule has 60 valence electrons. The Kier molecular flexibility index (Phi) is 6.74. The Morgan fingerprint density at radius 1 is 1.60 bits per heavy atom. The van der Waals surface area contributed by atoms with Gasteiger partial charge in [0.25, 0.3) is 0 Å². The van der Waals surface area contributed by atoms with Crippen LogP contribution in [0.3, 0.4) is 0 Å². The first kappa shape index (κ1) is 9.78. The van der Waals surface area contributed by atoms with Gasteiger partial charge < -0.3 is 9.47 Å². The van der Waals surface area contributed by atoms with E-state index in [2.05, 4.69) is 17.4 Å². The minimum atomic E-state index is -0.315. The van der Waals surface area contributed by atoms with Gasteiger partial charge in [0.05, 0.1) is 13.2 Å². The van der Waals surface area contributed by atoms with Crippen LogP contribution < -0.4 is 0 Å². The summed E-state index contributed by atoms with van der Waals surface area (Å²) in [6.45, 7) is 2.69. The Hall–Kier alpha value is -0.220. The summed E-state index contributed by atoms with van der Waals surface area (Å²) < 4.78 is 9.45. The third kappa shape index (κ3) is 5.91. The Bertz CT molecular complexity index is 95.0. The topological polar surface area (TPSA) is 35.5 Å². The van der Waals surface area contributed by atoms with Crippen LogP contribution in [0.4, 0.5) is 0 Å². The van der Waals surface area contributed by atoms with Crippen molar-refractivity contribution in [3.05, 3.63) is 0 Å². The van der Waals surface area contributed by atoms with Gasteiger partial charge >= 0.3 is 5.97 Å². The number of carbonyl (C=O) groups is 1. The van der Waals surface area contributed by atoms with E-state index >= 15 is 0 Å². The first-order valence-corrected chi connectivity index (χ1v) is 3.78. The van der Waals surface area contributed by atoms with Crippen LogP contribution in [0.5, 0.6) is 0 Å². The van der Waals surface area contributed by atoms with Gasteiger partial charge in [-0.2, -0.15) is 12.6 Å². The Balaban J connectivity index is 3.05. The molecule has 0 saturated heterocycles. The number of esters is 1. The van der Waals surface area contributed by atoms with Crippen LogP contribution in [-0.4, -0.2) is 31.5 Å². The zero-order chi connectivity index (χ0) is 7.82. The summed E-state index contributed by atoms with van der Waals surface area (Å²) >= 11 is 3.90. The van der Waals surface area contributed by atoms with Crippen molar-refractivity contribution in [3.8, 4) is 0 Å². The van der Waals surface area contributed by atoms with Gasteiger partial charge in [-0.05, 0) is 6.92 Å². The molecule has 0 saturated carbocycles. The number of hydrogen-bond acceptors (Lipinski definition) is 4. The second kappa shape index (κ2) is 6.89. The Morgan fingerprint density at radius 3 is 2.80 bits per heavy atom. The summed E-state index contributed by atoms with van der Waals surface area (Å²) in [5.41, 5.74) is 0. The normalized spacial score (nSPS) is 9.40. The van der Waals surface area contributed by atoms with Crippen LogP contribution in [0.25, 0.3) is 0 Å². The molecule has 3 nitrogen and oxygen atoms in total. The van der Waals surface area contributed by atoms with Crippen molar-refractivity contribution >= 4 is 18.6 Å². The van der Waals surface area contributed by atoms with E-state index in [-0.39, 0.29) is 12.6 Å². The second-order valence-electron chi connectivity index (χ2n) is 1.58. The third-order valence-electron chi connectivity index (χ3n) is 0.761. The molecule has 0 amide bonds. The second-order valence-corrected chi connectivity index (χ2v) is 2.03. The van der Waals surface area contributed by atoms with Gasteiger partial charge in [-0.15, -0.1) is 0 Å². The van der Waals surface area contributed by atoms with Gasteiger partial charge in [-0.1, -0.05) is 0 Å². The van der Waals surface area contributed by atoms with Crippen molar-refractivity contribution in [2.45, 2.75) is 6.92 Å². The molecule has 0 aliphatic rings. The van der Waals surface area contributed by atoms with E-state index in [9.17, 15) is 4.79 Å². The highest BCUT2D eigenvalue weighted by atomic mass is 32.1. The summed E-state index contributed by atoms with van der Waals surface area (Å²) in [6, 6.07) is 0. The lowest BCUT2D eigenvalue weighted by molar-refractivity contribution is -0.148. The molecule has 0 atom stereocenters. The van der Waals surface area contributed by atoms with Gasteiger partial charge in [0.15, 0.2) is 0 Å². The van der Waals surface area contributed by atoms with Gasteiger partial charge in [0, 0.05) is 5.75 Å². The molecule has 0 aromatic heterocycles. The molecule has 0 bridgehead atoms. The highest BCUT2D eigenvalue weighted by molar-refractivity contribution is 7.80. The minimum absolute atomic E-state index is 0.0361. The average Bonchev–Trinajstić information content (AvgIpc) is 1.89. The minimum Gasteiger partial charge on any atom is -0.464 e. The van der Waals surface area contributed by atoms with Crippen LogP contribution >= 0.6 is 12.6 Å². The summed E-state index contributed by atoms with van der Waals surface area (Å²) in [7, 11) is 0. The largest absolute Gasteiger partial charge is 0.464 e. The molecule has 0 radical (unpaired) electrons. The van der Waals surface area contributed by atoms with Crippen molar-refractivity contribution in [1.82, 2.24) is 0 Å². The lowest BCUT2D eigenvalue weighted by Crippen LogP contribution is -2.13. The van der Waals surface area contributed by atoms with Crippen LogP contribution in [0.2, 0.25) is 0 Å². The van der Waals surface area contributed by atoms with E-state index in [4.69, 9.17) is 4.74 Å². The van der Waals surface area contributed by atoms with E-state index in [1.165, 1.54) is 0 Å². The summed E-state index contributed by atoms with van der Waals surface area (Å²) in [4.78, 5) is 10.5. The van der Waals surface area contributed by atoms with Gasteiger partial charge in [-0.3, -0.25) is 0 Å². The van der Waals surface area contributed by atoms with Crippen molar-refractivity contribution in [1.29, 1.82) is 0 Å². The third-order valence-corrected chi connectivity index (χ3v) is 0.943. The molecule has 0 aliphatic carbocycles. The average molecular weight is 164 g/mol. The van der Waals surface area contributed by atoms with Crippen LogP contribution in [0.1, 0.15) is 6.92 Å². The monoisotopic (exact) mass is 164 g/mol. The molecular formula is C6H12O3S. The highest BCUT2D eigenvalue weighted by Crippen LogP contribution is 1.82. The van der Waals surface area contributed by atoms with Crippen molar-refractivity contribution in [3.63, 3.8) is 0 Å². The first-order valence-electron chi connectivity index (χ1n) is 3.15. The smallest absolute Gasteiger partial charge is 0.332 e. The SMILES string of the molecule is CCOC(=O)COCCS. The zero-order valence-corrected chi connectivity index (χ0v) is 6.89. The molecule has 0 heterocycles. The standard InChI is InChI=1S/C6H12O3S/c1-2-9-6(7)5-8-3-4-10/h10H,2-5H2,1H3. The number of thiol groups is 1. The molecule has 0 rings (SSSR count). The van der Waals surface area contributed by atoms with Crippen molar-refractivity contribution in [2.75, 3.05) is 25.6 Å². The molecule has 0 aliphatic heterocycles. The lowest BCUT2D eigenvalue weighted by atomic mass is 10.7. The number of hydrogen-bond donors (Lipinski definition) is 1. The van der Waals surface area contributed by atoms with E-state index < -0.39 is 0 Å². The quantitative estimate of drug-likeness (QED) is 0.365. The van der Waals surface area contributed by atoms with Crippen LogP contribution in [-0.2, 0) is 14.3 Å². The fraction of sp³-hybridized carbons (Fsp3) is 0.833. The predicted molar refractivity (Wildman–Crippen MR) is 41.3 cm³/mol. The van der Waals surface area contributed by atoms with E-state index in [0.29, 0.717) is 19.0 Å². The molecule has 0 N–H and O–H groups in total. The lowest BCUT2D eigenvalue weighted by Gasteiger charge is -2.00. The molecule has 10 heavy (non-hydrogen) atoms. The van der Waals surface area contributed by atoms with Gasteiger partial charge in [-0.25, -0.2) is 4.79 Å². The maximum absolute atomic E-state index is 10.5. The van der Waals surface area contributed by atoms with Crippen molar-refractivity contribution in [2.24, 2.45) is 0 Å². The first-order chi connectivity index (χ1) is 4.81. The Labute approximate surface area is 66.1 Å². The predicted octanol–water partition coefficient (Wildman–Crippen LogP) is 0.496. The fourth-order valence-corrected chi connectivity index (χ4v) is 0.552. The summed E-state index contributed by atoms with van der Waals surface area (Å²) in [5, 5.41) is 0. The molecule has 4 heteroatoms. The molecule has 0 aromatic rings. The fourth-order valence-electron chi connectivity index (χ4n) is 0.423. The van der Waals surface area contributed by atoms with E-state index in [1.54, 1.807) is 6.92 Å². The zero-order valence-electron chi connectivity index (χ0n) is 6.00. The van der Waals surface area contributed by atoms with Gasteiger partial charge in [0.1, 0.15) is 6.61 Å². The molecule has 0 spiro atoms. The van der Waals surface area contributed by atoms with E-state index in [0.717, 1.165) is 0 Å². The molecule has 0 fully saturated rings. The van der Waals surface area contributed by atoms with Crippen molar-refractivity contribution < 1.29 is 14.3 Å². The highest BCUT2D eigenvalue weighted by Gasteiger charge is 1.98. The van der Waals surface area contributed by atoms with Gasteiger partial charge in [0.2, 0.25) is 0 Å².